The smallest absolute Gasteiger partial charge is 0.246 e. The number of hydrogen-bond acceptors (Lipinski definition) is 2. The fraction of sp³-hybridized carbons (Fsp3) is 0.0500. The summed E-state index contributed by atoms with van der Waals surface area (Å²) >= 11 is 1.12. The van der Waals surface area contributed by atoms with Gasteiger partial charge in [0.2, 0.25) is 0 Å². The van der Waals surface area contributed by atoms with Gasteiger partial charge >= 0.3 is 6.18 Å². The maximum Gasteiger partial charge on any atom is 0.417 e. The van der Waals surface area contributed by atoms with Gasteiger partial charge in [-0.05, 0) is 11.5 Å². The summed E-state index contributed by atoms with van der Waals surface area (Å²) in [6.45, 7) is 0. The van der Waals surface area contributed by atoms with Crippen molar-refractivity contribution in [3.05, 3.63) is 65.5 Å². The van der Waals surface area contributed by atoms with E-state index in [1.165, 1.54) is 6.07 Å². The second kappa shape index (κ2) is 4.92. The Morgan fingerprint density at radius 2 is 1.60 bits per heavy atom. The van der Waals surface area contributed by atoms with Gasteiger partial charge in [-0.15, -0.1) is 11.3 Å². The Labute approximate surface area is 144 Å². The minimum Gasteiger partial charge on any atom is -0.246 e. The predicted octanol–water partition coefficient (Wildman–Crippen LogP) is 6.73. The number of nitrogens with zero attached hydrogens (tertiary/aromatic N) is 1. The van der Waals surface area contributed by atoms with E-state index < -0.39 is 11.7 Å². The SMILES string of the molecule is FC(F)(F)c1cccc2c3nc4c(ccc5ccccc54)c-3csc12. The largest absolute Gasteiger partial charge is 0.417 e. The first kappa shape index (κ1) is 14.7. The summed E-state index contributed by atoms with van der Waals surface area (Å²) in [5.74, 6) is 0. The van der Waals surface area contributed by atoms with Crippen LogP contribution in [0, 0.1) is 0 Å². The van der Waals surface area contributed by atoms with Gasteiger partial charge in [0, 0.05) is 31.8 Å². The molecule has 0 radical (unpaired) electrons. The molecule has 3 aromatic rings. The molecule has 0 saturated carbocycles. The topological polar surface area (TPSA) is 12.9 Å². The lowest BCUT2D eigenvalue weighted by Gasteiger charge is -2.11. The van der Waals surface area contributed by atoms with E-state index in [-0.39, 0.29) is 4.70 Å². The highest BCUT2D eigenvalue weighted by Gasteiger charge is 2.33. The molecule has 0 saturated heterocycles. The third kappa shape index (κ3) is 2.05. The van der Waals surface area contributed by atoms with Crippen LogP contribution < -0.4 is 0 Å². The first-order valence-electron chi connectivity index (χ1n) is 7.72. The van der Waals surface area contributed by atoms with Crippen molar-refractivity contribution in [2.75, 3.05) is 0 Å². The highest BCUT2D eigenvalue weighted by molar-refractivity contribution is 7.17. The summed E-state index contributed by atoms with van der Waals surface area (Å²) in [4.78, 5) is 4.73. The summed E-state index contributed by atoms with van der Waals surface area (Å²) < 4.78 is 40.2. The fourth-order valence-corrected chi connectivity index (χ4v) is 4.49. The minimum atomic E-state index is -4.37. The molecule has 0 bridgehead atoms. The molecule has 0 amide bonds. The van der Waals surface area contributed by atoms with Crippen LogP contribution in [0.2, 0.25) is 0 Å². The van der Waals surface area contributed by atoms with Crippen molar-refractivity contribution in [1.82, 2.24) is 4.98 Å². The van der Waals surface area contributed by atoms with Crippen molar-refractivity contribution in [1.29, 1.82) is 0 Å². The molecule has 0 atom stereocenters. The molecule has 5 rings (SSSR count). The first-order chi connectivity index (χ1) is 12.0. The van der Waals surface area contributed by atoms with E-state index in [1.54, 1.807) is 11.4 Å². The summed E-state index contributed by atoms with van der Waals surface area (Å²) in [7, 11) is 0. The molecule has 0 aliphatic carbocycles. The number of fused-ring (bicyclic) bond motifs is 7. The van der Waals surface area contributed by atoms with Gasteiger partial charge in [0.05, 0.1) is 16.8 Å². The van der Waals surface area contributed by atoms with Gasteiger partial charge in [-0.25, -0.2) is 4.98 Å². The molecule has 2 aliphatic rings. The van der Waals surface area contributed by atoms with Gasteiger partial charge < -0.3 is 0 Å². The number of rotatable bonds is 0. The van der Waals surface area contributed by atoms with Crippen LogP contribution in [-0.4, -0.2) is 4.98 Å². The quantitative estimate of drug-likeness (QED) is 0.301. The molecule has 0 fully saturated rings. The Morgan fingerprint density at radius 1 is 0.800 bits per heavy atom. The second-order valence-corrected chi connectivity index (χ2v) is 6.85. The molecule has 2 heterocycles. The Balaban J connectivity index is 1.96. The lowest BCUT2D eigenvalue weighted by molar-refractivity contribution is -0.136. The summed E-state index contributed by atoms with van der Waals surface area (Å²) in [6, 6.07) is 16.2. The van der Waals surface area contributed by atoms with Crippen molar-refractivity contribution < 1.29 is 13.2 Å². The fourth-order valence-electron chi connectivity index (χ4n) is 3.41. The average Bonchev–Trinajstić information content (AvgIpc) is 3.00. The van der Waals surface area contributed by atoms with Gasteiger partial charge in [0.25, 0.3) is 0 Å². The molecule has 3 aromatic carbocycles. The maximum atomic E-state index is 13.3. The molecule has 0 unspecified atom stereocenters. The zero-order valence-electron chi connectivity index (χ0n) is 12.8. The van der Waals surface area contributed by atoms with E-state index in [4.69, 9.17) is 4.98 Å². The molecule has 0 spiro atoms. The van der Waals surface area contributed by atoms with E-state index >= 15 is 0 Å². The summed E-state index contributed by atoms with van der Waals surface area (Å²) in [5, 5.41) is 5.40. The molecule has 2 aliphatic heterocycles. The van der Waals surface area contributed by atoms with Gasteiger partial charge in [0.1, 0.15) is 0 Å². The van der Waals surface area contributed by atoms with E-state index in [9.17, 15) is 13.2 Å². The van der Waals surface area contributed by atoms with Gasteiger partial charge in [-0.2, -0.15) is 13.2 Å². The first-order valence-corrected chi connectivity index (χ1v) is 8.60. The lowest BCUT2D eigenvalue weighted by Crippen LogP contribution is -2.05. The molecule has 122 valence electrons. The van der Waals surface area contributed by atoms with Crippen LogP contribution in [0.25, 0.3) is 43.0 Å². The van der Waals surface area contributed by atoms with Crippen LogP contribution in [0.15, 0.2) is 60.0 Å². The Hall–Kier alpha value is -2.66. The van der Waals surface area contributed by atoms with Crippen LogP contribution in [0.3, 0.4) is 0 Å². The van der Waals surface area contributed by atoms with E-state index in [0.29, 0.717) is 11.1 Å². The molecule has 0 N–H and O–H groups in total. The van der Waals surface area contributed by atoms with Crippen molar-refractivity contribution in [3.8, 4) is 11.3 Å². The van der Waals surface area contributed by atoms with Crippen LogP contribution in [0.4, 0.5) is 13.2 Å². The second-order valence-electron chi connectivity index (χ2n) is 5.97. The third-order valence-corrected chi connectivity index (χ3v) is 5.57. The highest BCUT2D eigenvalue weighted by atomic mass is 32.1. The highest BCUT2D eigenvalue weighted by Crippen LogP contribution is 2.44. The Morgan fingerprint density at radius 3 is 2.44 bits per heavy atom. The zero-order valence-corrected chi connectivity index (χ0v) is 13.6. The third-order valence-electron chi connectivity index (χ3n) is 4.54. The summed E-state index contributed by atoms with van der Waals surface area (Å²) in [5.41, 5.74) is 1.77. The Kier molecular flexibility index (Phi) is 2.89. The van der Waals surface area contributed by atoms with Gasteiger partial charge in [0.15, 0.2) is 0 Å². The molecular weight excluding hydrogens is 343 g/mol. The minimum absolute atomic E-state index is 0.231. The Bertz CT molecular complexity index is 1240. The standard InChI is InChI=1S/C20H10F3NS/c21-20(22,23)16-7-3-6-14-18-15(10-25-19(14)16)13-9-8-11-4-1-2-5-12(11)17(13)24-18/h1-10H. The van der Waals surface area contributed by atoms with E-state index in [1.807, 2.05) is 36.4 Å². The monoisotopic (exact) mass is 353 g/mol. The van der Waals surface area contributed by atoms with Gasteiger partial charge in [-0.3, -0.25) is 0 Å². The molecule has 1 nitrogen and oxygen atoms in total. The number of benzene rings is 3. The molecular formula is C20H10F3NS. The maximum absolute atomic E-state index is 13.3. The van der Waals surface area contributed by atoms with E-state index in [0.717, 1.165) is 44.6 Å². The number of aromatic nitrogens is 1. The average molecular weight is 353 g/mol. The van der Waals surface area contributed by atoms with Crippen LogP contribution in [-0.2, 0) is 6.18 Å². The normalized spacial score (nSPS) is 12.6. The molecule has 25 heavy (non-hydrogen) atoms. The number of hydrogen-bond donors (Lipinski definition) is 0. The van der Waals surface area contributed by atoms with Crippen LogP contribution >= 0.6 is 11.3 Å². The lowest BCUT2D eigenvalue weighted by atomic mass is 10.0. The van der Waals surface area contributed by atoms with Crippen molar-refractivity contribution in [3.63, 3.8) is 0 Å². The van der Waals surface area contributed by atoms with Crippen molar-refractivity contribution in [2.24, 2.45) is 0 Å². The zero-order chi connectivity index (χ0) is 17.2. The predicted molar refractivity (Wildman–Crippen MR) is 96.3 cm³/mol. The van der Waals surface area contributed by atoms with Crippen LogP contribution in [0.5, 0.6) is 0 Å². The molecule has 5 heteroatoms. The summed E-state index contributed by atoms with van der Waals surface area (Å²) in [6.07, 6.45) is -4.37. The van der Waals surface area contributed by atoms with E-state index in [2.05, 4.69) is 0 Å². The number of halogens is 3. The van der Waals surface area contributed by atoms with Crippen molar-refractivity contribution >= 4 is 43.1 Å². The number of alkyl halides is 3. The van der Waals surface area contributed by atoms with Crippen molar-refractivity contribution in [2.45, 2.75) is 6.18 Å². The van der Waals surface area contributed by atoms with Crippen LogP contribution in [0.1, 0.15) is 5.56 Å². The molecule has 0 aromatic heterocycles. The van der Waals surface area contributed by atoms with Gasteiger partial charge in [-0.1, -0.05) is 48.5 Å².